The highest BCUT2D eigenvalue weighted by molar-refractivity contribution is 9.10. The van der Waals surface area contributed by atoms with Crippen molar-refractivity contribution in [2.75, 3.05) is 0 Å². The summed E-state index contributed by atoms with van der Waals surface area (Å²) in [6.45, 7) is 4.20. The minimum atomic E-state index is -0.0742. The van der Waals surface area contributed by atoms with Crippen LogP contribution in [0.4, 0.5) is 0 Å². The summed E-state index contributed by atoms with van der Waals surface area (Å²) in [7, 11) is 0. The van der Waals surface area contributed by atoms with Crippen LogP contribution in [0.1, 0.15) is 28.3 Å². The summed E-state index contributed by atoms with van der Waals surface area (Å²) < 4.78 is 0.945. The number of halogens is 2. The molecule has 19 heavy (non-hydrogen) atoms. The molecule has 0 aliphatic heterocycles. The maximum absolute atomic E-state index is 6.11. The van der Waals surface area contributed by atoms with Crippen molar-refractivity contribution in [1.82, 2.24) is 5.43 Å². The molecule has 0 saturated heterocycles. The summed E-state index contributed by atoms with van der Waals surface area (Å²) in [5, 5.41) is 0.690. The van der Waals surface area contributed by atoms with Gasteiger partial charge in [0.15, 0.2) is 0 Å². The third-order valence-corrected chi connectivity index (χ3v) is 4.02. The number of hydrogen-bond acceptors (Lipinski definition) is 2. The van der Waals surface area contributed by atoms with Crippen molar-refractivity contribution >= 4 is 27.5 Å². The summed E-state index contributed by atoms with van der Waals surface area (Å²) in [6, 6.07) is 12.0. The van der Waals surface area contributed by atoms with Gasteiger partial charge in [0, 0.05) is 9.50 Å². The Balaban J connectivity index is 2.53. The average molecular weight is 340 g/mol. The lowest BCUT2D eigenvalue weighted by molar-refractivity contribution is 0.633. The van der Waals surface area contributed by atoms with Crippen molar-refractivity contribution < 1.29 is 0 Å². The van der Waals surface area contributed by atoms with Gasteiger partial charge in [-0.15, -0.1) is 0 Å². The van der Waals surface area contributed by atoms with Gasteiger partial charge in [-0.2, -0.15) is 0 Å². The van der Waals surface area contributed by atoms with E-state index >= 15 is 0 Å². The predicted octanol–water partition coefficient (Wildman–Crippen LogP) is 4.27. The Morgan fingerprint density at radius 3 is 2.58 bits per heavy atom. The SMILES string of the molecule is Cc1cccc(C(NN)c2cc(Cl)cc(Br)c2)c1C. The molecule has 0 aliphatic rings. The highest BCUT2D eigenvalue weighted by Gasteiger charge is 2.16. The fraction of sp³-hybridized carbons (Fsp3) is 0.200. The fourth-order valence-corrected chi connectivity index (χ4v) is 3.08. The molecule has 2 rings (SSSR count). The second-order valence-electron chi connectivity index (χ2n) is 4.59. The molecule has 100 valence electrons. The van der Waals surface area contributed by atoms with Gasteiger partial charge in [0.05, 0.1) is 6.04 Å². The maximum Gasteiger partial charge on any atom is 0.0713 e. The van der Waals surface area contributed by atoms with E-state index in [2.05, 4.69) is 47.3 Å². The Kier molecular flexibility index (Phi) is 4.63. The molecule has 2 nitrogen and oxygen atoms in total. The normalized spacial score (nSPS) is 12.5. The molecule has 4 heteroatoms. The molecule has 0 saturated carbocycles. The topological polar surface area (TPSA) is 38.0 Å². The quantitative estimate of drug-likeness (QED) is 0.647. The van der Waals surface area contributed by atoms with Gasteiger partial charge in [0.25, 0.3) is 0 Å². The second-order valence-corrected chi connectivity index (χ2v) is 5.94. The molecule has 0 amide bonds. The van der Waals surface area contributed by atoms with Gasteiger partial charge < -0.3 is 0 Å². The first-order chi connectivity index (χ1) is 9.02. The average Bonchev–Trinajstić information content (AvgIpc) is 2.34. The molecular formula is C15H16BrClN2. The molecule has 0 radical (unpaired) electrons. The van der Waals surface area contributed by atoms with Crippen molar-refractivity contribution in [1.29, 1.82) is 0 Å². The minimum absolute atomic E-state index is 0.0742. The van der Waals surface area contributed by atoms with E-state index in [9.17, 15) is 0 Å². The Morgan fingerprint density at radius 2 is 1.95 bits per heavy atom. The first-order valence-corrected chi connectivity index (χ1v) is 7.18. The third-order valence-electron chi connectivity index (χ3n) is 3.34. The van der Waals surface area contributed by atoms with Crippen LogP contribution >= 0.6 is 27.5 Å². The van der Waals surface area contributed by atoms with Gasteiger partial charge in [-0.05, 0) is 54.3 Å². The number of rotatable bonds is 3. The Hall–Kier alpha value is -0.870. The predicted molar refractivity (Wildman–Crippen MR) is 84.2 cm³/mol. The largest absolute Gasteiger partial charge is 0.271 e. The molecule has 1 unspecified atom stereocenters. The molecule has 0 aromatic heterocycles. The molecule has 2 aromatic carbocycles. The van der Waals surface area contributed by atoms with E-state index in [1.54, 1.807) is 0 Å². The molecule has 0 spiro atoms. The molecule has 0 heterocycles. The number of nitrogens with one attached hydrogen (secondary N) is 1. The number of hydrazine groups is 1. The van der Waals surface area contributed by atoms with Crippen LogP contribution in [0.2, 0.25) is 5.02 Å². The van der Waals surface area contributed by atoms with Crippen molar-refractivity contribution in [3.8, 4) is 0 Å². The van der Waals surface area contributed by atoms with Gasteiger partial charge in [0.2, 0.25) is 0 Å². The van der Waals surface area contributed by atoms with Gasteiger partial charge in [-0.3, -0.25) is 5.84 Å². The van der Waals surface area contributed by atoms with Crippen LogP contribution in [0.15, 0.2) is 40.9 Å². The van der Waals surface area contributed by atoms with E-state index in [1.165, 1.54) is 11.1 Å². The van der Waals surface area contributed by atoms with Gasteiger partial charge in [-0.25, -0.2) is 5.43 Å². The molecular weight excluding hydrogens is 324 g/mol. The number of nitrogens with two attached hydrogens (primary N) is 1. The number of aryl methyl sites for hydroxylation is 1. The Morgan fingerprint density at radius 1 is 1.21 bits per heavy atom. The molecule has 0 aliphatic carbocycles. The van der Waals surface area contributed by atoms with E-state index in [0.29, 0.717) is 5.02 Å². The summed E-state index contributed by atoms with van der Waals surface area (Å²) in [4.78, 5) is 0. The maximum atomic E-state index is 6.11. The molecule has 2 aromatic rings. The van der Waals surface area contributed by atoms with Gasteiger partial charge in [0.1, 0.15) is 0 Å². The highest BCUT2D eigenvalue weighted by Crippen LogP contribution is 2.30. The van der Waals surface area contributed by atoms with E-state index in [0.717, 1.165) is 15.6 Å². The van der Waals surface area contributed by atoms with E-state index in [4.69, 9.17) is 17.4 Å². The second kappa shape index (κ2) is 6.06. The molecule has 3 N–H and O–H groups in total. The zero-order valence-electron chi connectivity index (χ0n) is 10.9. The van der Waals surface area contributed by atoms with Crippen molar-refractivity contribution in [3.63, 3.8) is 0 Å². The molecule has 0 bridgehead atoms. The fourth-order valence-electron chi connectivity index (χ4n) is 2.19. The van der Waals surface area contributed by atoms with Crippen LogP contribution in [-0.2, 0) is 0 Å². The van der Waals surface area contributed by atoms with E-state index < -0.39 is 0 Å². The van der Waals surface area contributed by atoms with E-state index in [-0.39, 0.29) is 6.04 Å². The van der Waals surface area contributed by atoms with Crippen LogP contribution in [0.3, 0.4) is 0 Å². The summed E-state index contributed by atoms with van der Waals surface area (Å²) in [5.74, 6) is 5.75. The number of benzene rings is 2. The van der Waals surface area contributed by atoms with Gasteiger partial charge in [-0.1, -0.05) is 45.7 Å². The summed E-state index contributed by atoms with van der Waals surface area (Å²) in [6.07, 6.45) is 0. The summed E-state index contributed by atoms with van der Waals surface area (Å²) in [5.41, 5.74) is 7.57. The summed E-state index contributed by atoms with van der Waals surface area (Å²) >= 11 is 9.57. The van der Waals surface area contributed by atoms with Crippen LogP contribution in [-0.4, -0.2) is 0 Å². The monoisotopic (exact) mass is 338 g/mol. The van der Waals surface area contributed by atoms with E-state index in [1.807, 2.05) is 24.3 Å². The van der Waals surface area contributed by atoms with Crippen molar-refractivity contribution in [2.24, 2.45) is 5.84 Å². The number of hydrogen-bond donors (Lipinski definition) is 2. The zero-order chi connectivity index (χ0) is 14.0. The van der Waals surface area contributed by atoms with Gasteiger partial charge >= 0.3 is 0 Å². The first-order valence-electron chi connectivity index (χ1n) is 6.01. The third kappa shape index (κ3) is 3.18. The van der Waals surface area contributed by atoms with Crippen molar-refractivity contribution in [2.45, 2.75) is 19.9 Å². The van der Waals surface area contributed by atoms with Crippen molar-refractivity contribution in [3.05, 3.63) is 68.1 Å². The van der Waals surface area contributed by atoms with Crippen LogP contribution in [0, 0.1) is 13.8 Å². The lowest BCUT2D eigenvalue weighted by atomic mass is 9.93. The Labute approximate surface area is 127 Å². The minimum Gasteiger partial charge on any atom is -0.271 e. The first kappa shape index (κ1) is 14.5. The van der Waals surface area contributed by atoms with Crippen LogP contribution < -0.4 is 11.3 Å². The smallest absolute Gasteiger partial charge is 0.0713 e. The standard InChI is InChI=1S/C15H16BrClN2/c1-9-4-3-5-14(10(9)2)15(19-18)11-6-12(16)8-13(17)7-11/h3-8,15,19H,18H2,1-2H3. The molecule has 1 atom stereocenters. The molecule has 0 fully saturated rings. The lowest BCUT2D eigenvalue weighted by Crippen LogP contribution is -2.29. The highest BCUT2D eigenvalue weighted by atomic mass is 79.9. The van der Waals surface area contributed by atoms with Crippen LogP contribution in [0.25, 0.3) is 0 Å². The zero-order valence-corrected chi connectivity index (χ0v) is 13.2. The van der Waals surface area contributed by atoms with Crippen LogP contribution in [0.5, 0.6) is 0 Å². The Bertz CT molecular complexity index is 578. The lowest BCUT2D eigenvalue weighted by Gasteiger charge is -2.20.